The lowest BCUT2D eigenvalue weighted by molar-refractivity contribution is -0.584. The van der Waals surface area contributed by atoms with E-state index in [1.165, 1.54) is 0 Å². The number of benzene rings is 3. The van der Waals surface area contributed by atoms with Gasteiger partial charge in [0, 0.05) is 29.3 Å². The van der Waals surface area contributed by atoms with Crippen LogP contribution in [-0.2, 0) is 0 Å². The molecule has 0 aliphatic rings. The minimum Gasteiger partial charge on any atom is -0.288 e. The van der Waals surface area contributed by atoms with Crippen molar-refractivity contribution >= 4 is 5.78 Å². The van der Waals surface area contributed by atoms with Gasteiger partial charge in [0.25, 0.3) is 0 Å². The number of nitriles is 2. The van der Waals surface area contributed by atoms with Crippen LogP contribution in [0.5, 0.6) is 0 Å². The van der Waals surface area contributed by atoms with Gasteiger partial charge in [-0.2, -0.15) is 15.1 Å². The molecule has 0 radical (unpaired) electrons. The third-order valence-electron chi connectivity index (χ3n) is 4.83. The number of ketones is 1. The first-order valence-corrected chi connectivity index (χ1v) is 9.36. The number of para-hydroxylation sites is 1. The number of nitrogens with zero attached hydrogens (tertiary/aromatic N) is 3. The Morgan fingerprint density at radius 3 is 1.83 bits per heavy atom. The van der Waals surface area contributed by atoms with Crippen LogP contribution in [0.4, 0.5) is 0 Å². The SMILES string of the molecule is N#Cc1ccc(C(=O)c2ccc(-c3ccc(C#N)cc3)[n+](-c3ccccc3)c2)cc1. The van der Waals surface area contributed by atoms with Crippen molar-refractivity contribution in [1.29, 1.82) is 10.5 Å². The third kappa shape index (κ3) is 3.71. The lowest BCUT2D eigenvalue weighted by atomic mass is 10.0. The van der Waals surface area contributed by atoms with Crippen molar-refractivity contribution in [3.63, 3.8) is 0 Å². The highest BCUT2D eigenvalue weighted by molar-refractivity contribution is 6.08. The van der Waals surface area contributed by atoms with Gasteiger partial charge in [-0.25, -0.2) is 0 Å². The fraction of sp³-hybridized carbons (Fsp3) is 0. The smallest absolute Gasteiger partial charge is 0.218 e. The number of carbonyl (C=O) groups is 1. The maximum absolute atomic E-state index is 13.0. The molecule has 0 atom stereocenters. The van der Waals surface area contributed by atoms with Gasteiger partial charge in [0.05, 0.1) is 28.8 Å². The second-order valence-corrected chi connectivity index (χ2v) is 6.72. The van der Waals surface area contributed by atoms with E-state index >= 15 is 0 Å². The minimum atomic E-state index is -0.115. The van der Waals surface area contributed by atoms with Gasteiger partial charge in [-0.3, -0.25) is 4.79 Å². The molecule has 0 N–H and O–H groups in total. The summed E-state index contributed by atoms with van der Waals surface area (Å²) in [6, 6.07) is 31.7. The van der Waals surface area contributed by atoms with Crippen LogP contribution < -0.4 is 4.57 Å². The van der Waals surface area contributed by atoms with Gasteiger partial charge < -0.3 is 0 Å². The largest absolute Gasteiger partial charge is 0.288 e. The molecule has 0 aliphatic carbocycles. The normalized spacial score (nSPS) is 10.1. The summed E-state index contributed by atoms with van der Waals surface area (Å²) in [5, 5.41) is 18.0. The maximum Gasteiger partial charge on any atom is 0.218 e. The van der Waals surface area contributed by atoms with Gasteiger partial charge in [0.1, 0.15) is 0 Å². The first-order valence-electron chi connectivity index (χ1n) is 9.36. The van der Waals surface area contributed by atoms with Crippen molar-refractivity contribution in [3.05, 3.63) is 119 Å². The summed E-state index contributed by atoms with van der Waals surface area (Å²) < 4.78 is 1.97. The van der Waals surface area contributed by atoms with Gasteiger partial charge in [-0.05, 0) is 54.6 Å². The first kappa shape index (κ1) is 18.8. The fourth-order valence-electron chi connectivity index (χ4n) is 3.25. The second-order valence-electron chi connectivity index (χ2n) is 6.72. The van der Waals surface area contributed by atoms with E-state index < -0.39 is 0 Å². The molecule has 1 aromatic heterocycles. The summed E-state index contributed by atoms with van der Waals surface area (Å²) in [6.45, 7) is 0. The molecule has 30 heavy (non-hydrogen) atoms. The van der Waals surface area contributed by atoms with Crippen LogP contribution in [0.25, 0.3) is 16.9 Å². The quantitative estimate of drug-likeness (QED) is 0.380. The van der Waals surface area contributed by atoms with E-state index in [1.807, 2.05) is 59.3 Å². The van der Waals surface area contributed by atoms with Crippen molar-refractivity contribution < 1.29 is 9.36 Å². The molecule has 4 nitrogen and oxygen atoms in total. The van der Waals surface area contributed by atoms with Gasteiger partial charge in [-0.15, -0.1) is 0 Å². The molecule has 4 rings (SSSR count). The first-order chi connectivity index (χ1) is 14.7. The highest BCUT2D eigenvalue weighted by atomic mass is 16.1. The topological polar surface area (TPSA) is 68.5 Å². The molecule has 0 unspecified atom stereocenters. The molecule has 0 bridgehead atoms. The third-order valence-corrected chi connectivity index (χ3v) is 4.83. The van der Waals surface area contributed by atoms with Crippen LogP contribution in [0.15, 0.2) is 97.2 Å². The molecule has 0 amide bonds. The average Bonchev–Trinajstić information content (AvgIpc) is 2.84. The summed E-state index contributed by atoms with van der Waals surface area (Å²) in [5.74, 6) is -0.115. The second kappa shape index (κ2) is 8.22. The molecule has 0 aliphatic heterocycles. The van der Waals surface area contributed by atoms with Crippen LogP contribution in [0.1, 0.15) is 27.0 Å². The Kier molecular flexibility index (Phi) is 5.16. The Bertz CT molecular complexity index is 1290. The molecule has 4 heteroatoms. The van der Waals surface area contributed by atoms with Gasteiger partial charge in [0.15, 0.2) is 12.0 Å². The van der Waals surface area contributed by atoms with E-state index in [-0.39, 0.29) is 5.78 Å². The van der Waals surface area contributed by atoms with Gasteiger partial charge >= 0.3 is 0 Å². The molecule has 0 spiro atoms. The molecular formula is C26H16N3O+. The molecule has 0 fully saturated rings. The van der Waals surface area contributed by atoms with Crippen LogP contribution in [0.2, 0.25) is 0 Å². The monoisotopic (exact) mass is 386 g/mol. The highest BCUT2D eigenvalue weighted by Crippen LogP contribution is 2.20. The van der Waals surface area contributed by atoms with Crippen molar-refractivity contribution in [2.45, 2.75) is 0 Å². The molecular weight excluding hydrogens is 370 g/mol. The van der Waals surface area contributed by atoms with Gasteiger partial charge in [0.2, 0.25) is 11.4 Å². The lowest BCUT2D eigenvalue weighted by Gasteiger charge is -2.07. The Balaban J connectivity index is 1.81. The number of hydrogen-bond acceptors (Lipinski definition) is 3. The van der Waals surface area contributed by atoms with Crippen LogP contribution in [0, 0.1) is 22.7 Å². The number of aromatic nitrogens is 1. The Morgan fingerprint density at radius 2 is 1.23 bits per heavy atom. The number of hydrogen-bond donors (Lipinski definition) is 0. The number of rotatable bonds is 4. The van der Waals surface area contributed by atoms with Crippen LogP contribution >= 0.6 is 0 Å². The standard InChI is InChI=1S/C26H16N3O/c27-16-19-6-10-21(11-7-19)25-15-14-23(18-29(25)24-4-2-1-3-5-24)26(30)22-12-8-20(17-28)9-13-22/h1-15,18H/q+1. The van der Waals surface area contributed by atoms with Crippen molar-refractivity contribution in [1.82, 2.24) is 0 Å². The average molecular weight is 386 g/mol. The molecule has 0 saturated heterocycles. The van der Waals surface area contributed by atoms with E-state index in [4.69, 9.17) is 10.5 Å². The van der Waals surface area contributed by atoms with Crippen LogP contribution in [0.3, 0.4) is 0 Å². The van der Waals surface area contributed by atoms with Crippen LogP contribution in [-0.4, -0.2) is 5.78 Å². The van der Waals surface area contributed by atoms with E-state index in [9.17, 15) is 4.79 Å². The number of carbonyl (C=O) groups excluding carboxylic acids is 1. The number of pyridine rings is 1. The van der Waals surface area contributed by atoms with E-state index in [2.05, 4.69) is 12.1 Å². The zero-order valence-corrected chi connectivity index (χ0v) is 16.0. The van der Waals surface area contributed by atoms with Gasteiger partial charge in [-0.1, -0.05) is 18.2 Å². The van der Waals surface area contributed by atoms with E-state index in [0.717, 1.165) is 16.9 Å². The minimum absolute atomic E-state index is 0.115. The molecule has 140 valence electrons. The van der Waals surface area contributed by atoms with E-state index in [0.29, 0.717) is 22.3 Å². The summed E-state index contributed by atoms with van der Waals surface area (Å²) in [7, 11) is 0. The fourth-order valence-corrected chi connectivity index (χ4v) is 3.25. The zero-order valence-electron chi connectivity index (χ0n) is 16.0. The summed E-state index contributed by atoms with van der Waals surface area (Å²) in [5.41, 5.74) is 4.95. The molecule has 4 aromatic rings. The lowest BCUT2D eigenvalue weighted by Crippen LogP contribution is -2.34. The summed E-state index contributed by atoms with van der Waals surface area (Å²) in [4.78, 5) is 13.0. The highest BCUT2D eigenvalue weighted by Gasteiger charge is 2.20. The molecule has 0 saturated carbocycles. The Labute approximate surface area is 174 Å². The summed E-state index contributed by atoms with van der Waals surface area (Å²) in [6.07, 6.45) is 1.82. The van der Waals surface area contributed by atoms with Crippen molar-refractivity contribution in [3.8, 4) is 29.1 Å². The molecule has 1 heterocycles. The maximum atomic E-state index is 13.0. The Hall–Kier alpha value is -4.54. The van der Waals surface area contributed by atoms with Crippen molar-refractivity contribution in [2.24, 2.45) is 0 Å². The zero-order chi connectivity index (χ0) is 20.9. The summed E-state index contributed by atoms with van der Waals surface area (Å²) >= 11 is 0. The predicted octanol–water partition coefficient (Wildman–Crippen LogP) is 4.60. The predicted molar refractivity (Wildman–Crippen MR) is 113 cm³/mol. The Morgan fingerprint density at radius 1 is 0.667 bits per heavy atom. The van der Waals surface area contributed by atoms with E-state index in [1.54, 1.807) is 42.5 Å². The molecule has 3 aromatic carbocycles. The van der Waals surface area contributed by atoms with Crippen molar-refractivity contribution in [2.75, 3.05) is 0 Å².